The summed E-state index contributed by atoms with van der Waals surface area (Å²) in [7, 11) is 0. The van der Waals surface area contributed by atoms with Gasteiger partial charge < -0.3 is 14.6 Å². The molecule has 0 saturated heterocycles. The van der Waals surface area contributed by atoms with E-state index in [0.29, 0.717) is 17.7 Å². The van der Waals surface area contributed by atoms with Crippen LogP contribution in [0.1, 0.15) is 37.0 Å². The van der Waals surface area contributed by atoms with Gasteiger partial charge in [0, 0.05) is 17.7 Å². The van der Waals surface area contributed by atoms with E-state index in [-0.39, 0.29) is 12.3 Å². The topological polar surface area (TPSA) is 90.3 Å². The van der Waals surface area contributed by atoms with Crippen molar-refractivity contribution in [3.8, 4) is 0 Å². The average Bonchev–Trinajstić information content (AvgIpc) is 3.05. The maximum absolute atomic E-state index is 12.4. The highest BCUT2D eigenvalue weighted by molar-refractivity contribution is 5.98. The Morgan fingerprint density at radius 2 is 1.90 bits per heavy atom. The van der Waals surface area contributed by atoms with Crippen LogP contribution in [0.5, 0.6) is 0 Å². The van der Waals surface area contributed by atoms with E-state index >= 15 is 0 Å². The van der Waals surface area contributed by atoms with Crippen molar-refractivity contribution in [1.82, 2.24) is 9.55 Å². The fraction of sp³-hybridized carbons (Fsp3) is 0.273. The van der Waals surface area contributed by atoms with Gasteiger partial charge in [0.2, 0.25) is 0 Å². The number of benzene rings is 2. The molecule has 1 amide bonds. The van der Waals surface area contributed by atoms with Gasteiger partial charge in [-0.15, -0.1) is 0 Å². The number of anilines is 1. The summed E-state index contributed by atoms with van der Waals surface area (Å²) in [6.45, 7) is 4.90. The molecule has 7 nitrogen and oxygen atoms in total. The van der Waals surface area contributed by atoms with Gasteiger partial charge in [0.05, 0.1) is 11.0 Å². The van der Waals surface area contributed by atoms with E-state index in [2.05, 4.69) is 10.3 Å². The number of hydrogen-bond donors (Lipinski definition) is 1. The number of fused-ring (bicyclic) bond motifs is 1. The minimum atomic E-state index is -0.983. The van der Waals surface area contributed by atoms with Crippen molar-refractivity contribution in [2.45, 2.75) is 39.8 Å². The van der Waals surface area contributed by atoms with E-state index in [1.165, 1.54) is 13.8 Å². The molecule has 2 aromatic carbocycles. The Labute approximate surface area is 168 Å². The first-order valence-electron chi connectivity index (χ1n) is 9.44. The zero-order valence-electron chi connectivity index (χ0n) is 16.6. The number of hydrogen-bond acceptors (Lipinski definition) is 5. The molecule has 1 N–H and O–H groups in total. The van der Waals surface area contributed by atoms with Gasteiger partial charge in [-0.05, 0) is 38.1 Å². The molecule has 0 aliphatic heterocycles. The summed E-state index contributed by atoms with van der Waals surface area (Å²) in [5, 5.41) is 2.67. The number of aromatic nitrogens is 2. The first kappa shape index (κ1) is 20.3. The lowest BCUT2D eigenvalue weighted by Gasteiger charge is -2.15. The molecule has 29 heavy (non-hydrogen) atoms. The Balaban J connectivity index is 1.66. The summed E-state index contributed by atoms with van der Waals surface area (Å²) in [5.41, 5.74) is 2.62. The van der Waals surface area contributed by atoms with Crippen molar-refractivity contribution < 1.29 is 19.1 Å². The van der Waals surface area contributed by atoms with Crippen molar-refractivity contribution in [2.24, 2.45) is 0 Å². The van der Waals surface area contributed by atoms with E-state index in [0.717, 1.165) is 16.9 Å². The van der Waals surface area contributed by atoms with Crippen LogP contribution < -0.4 is 5.32 Å². The number of Topliss-reactive ketones (excluding diaryl/α,β-unsaturated/α-hetero) is 1. The molecule has 1 aromatic heterocycles. The number of ketones is 1. The lowest BCUT2D eigenvalue weighted by Crippen LogP contribution is -2.31. The fourth-order valence-electron chi connectivity index (χ4n) is 3.05. The highest BCUT2D eigenvalue weighted by Crippen LogP contribution is 2.17. The Morgan fingerprint density at radius 1 is 1.14 bits per heavy atom. The third-order valence-corrected chi connectivity index (χ3v) is 4.55. The highest BCUT2D eigenvalue weighted by atomic mass is 16.5. The lowest BCUT2D eigenvalue weighted by atomic mass is 10.1. The number of carbonyl (C=O) groups excluding carboxylic acids is 3. The SMILES string of the molecule is CCc1nc2ccccc2n1CC(=O)OC(C)C(=O)Nc1cccc(C(C)=O)c1. The van der Waals surface area contributed by atoms with E-state index in [1.807, 2.05) is 31.2 Å². The molecular weight excluding hydrogens is 370 g/mol. The summed E-state index contributed by atoms with van der Waals surface area (Å²) in [6, 6.07) is 14.2. The van der Waals surface area contributed by atoms with Gasteiger partial charge in [0.1, 0.15) is 12.4 Å². The number of nitrogens with zero attached hydrogens (tertiary/aromatic N) is 2. The zero-order chi connectivity index (χ0) is 21.0. The van der Waals surface area contributed by atoms with E-state index < -0.39 is 18.0 Å². The molecule has 0 aliphatic rings. The number of para-hydroxylation sites is 2. The first-order chi connectivity index (χ1) is 13.9. The van der Waals surface area contributed by atoms with Gasteiger partial charge in [-0.2, -0.15) is 0 Å². The normalized spacial score (nSPS) is 11.8. The van der Waals surface area contributed by atoms with Crippen LogP contribution in [0.3, 0.4) is 0 Å². The van der Waals surface area contributed by atoms with Crippen molar-refractivity contribution in [2.75, 3.05) is 5.32 Å². The van der Waals surface area contributed by atoms with Gasteiger partial charge in [0.15, 0.2) is 11.9 Å². The molecule has 3 rings (SSSR count). The summed E-state index contributed by atoms with van der Waals surface area (Å²) in [4.78, 5) is 40.8. The summed E-state index contributed by atoms with van der Waals surface area (Å²) in [5.74, 6) is -0.311. The summed E-state index contributed by atoms with van der Waals surface area (Å²) < 4.78 is 7.12. The van der Waals surface area contributed by atoms with Crippen molar-refractivity contribution in [3.05, 3.63) is 59.9 Å². The minimum Gasteiger partial charge on any atom is -0.451 e. The third-order valence-electron chi connectivity index (χ3n) is 4.55. The Morgan fingerprint density at radius 3 is 2.62 bits per heavy atom. The van der Waals surface area contributed by atoms with Crippen molar-refractivity contribution >= 4 is 34.4 Å². The lowest BCUT2D eigenvalue weighted by molar-refractivity contribution is -0.153. The first-order valence-corrected chi connectivity index (χ1v) is 9.44. The molecule has 150 valence electrons. The molecular formula is C22H23N3O4. The zero-order valence-corrected chi connectivity index (χ0v) is 16.6. The van der Waals surface area contributed by atoms with Gasteiger partial charge in [-0.1, -0.05) is 31.2 Å². The number of esters is 1. The fourth-order valence-corrected chi connectivity index (χ4v) is 3.05. The largest absolute Gasteiger partial charge is 0.451 e. The highest BCUT2D eigenvalue weighted by Gasteiger charge is 2.20. The number of rotatable bonds is 7. The number of amides is 1. The van der Waals surface area contributed by atoms with Crippen LogP contribution in [0.4, 0.5) is 5.69 Å². The van der Waals surface area contributed by atoms with Gasteiger partial charge in [-0.3, -0.25) is 14.4 Å². The molecule has 1 unspecified atom stereocenters. The number of aryl methyl sites for hydroxylation is 1. The number of nitrogens with one attached hydrogen (secondary N) is 1. The standard InChI is InChI=1S/C22H23N3O4/c1-4-20-24-18-10-5-6-11-19(18)25(20)13-21(27)29-15(3)22(28)23-17-9-7-8-16(12-17)14(2)26/h5-12,15H,4,13H2,1-3H3,(H,23,28). The average molecular weight is 393 g/mol. The monoisotopic (exact) mass is 393 g/mol. The summed E-state index contributed by atoms with van der Waals surface area (Å²) in [6.07, 6.45) is -0.312. The Kier molecular flexibility index (Phi) is 6.07. The molecule has 0 aliphatic carbocycles. The molecule has 0 radical (unpaired) electrons. The minimum absolute atomic E-state index is 0.0267. The van der Waals surface area contributed by atoms with E-state index in [9.17, 15) is 14.4 Å². The maximum atomic E-state index is 12.4. The van der Waals surface area contributed by atoms with E-state index in [4.69, 9.17) is 4.74 Å². The molecule has 0 bridgehead atoms. The van der Waals surface area contributed by atoms with E-state index in [1.54, 1.807) is 28.8 Å². The predicted octanol–water partition coefficient (Wildman–Crippen LogP) is 3.37. The number of ether oxygens (including phenoxy) is 1. The van der Waals surface area contributed by atoms with Crippen LogP contribution in [-0.4, -0.2) is 33.3 Å². The van der Waals surface area contributed by atoms with Gasteiger partial charge >= 0.3 is 5.97 Å². The second-order valence-corrected chi connectivity index (χ2v) is 6.71. The molecule has 0 saturated carbocycles. The Bertz CT molecular complexity index is 1070. The van der Waals surface area contributed by atoms with Gasteiger partial charge in [-0.25, -0.2) is 4.98 Å². The quantitative estimate of drug-likeness (QED) is 0.491. The molecule has 1 heterocycles. The van der Waals surface area contributed by atoms with Crippen LogP contribution in [0.15, 0.2) is 48.5 Å². The van der Waals surface area contributed by atoms with Crippen LogP contribution in [0.2, 0.25) is 0 Å². The van der Waals surface area contributed by atoms with Crippen LogP contribution in [-0.2, 0) is 27.3 Å². The second kappa shape index (κ2) is 8.68. The van der Waals surface area contributed by atoms with Crippen LogP contribution >= 0.6 is 0 Å². The Hall–Kier alpha value is -3.48. The van der Waals surface area contributed by atoms with Crippen molar-refractivity contribution in [1.29, 1.82) is 0 Å². The smallest absolute Gasteiger partial charge is 0.326 e. The van der Waals surface area contributed by atoms with Gasteiger partial charge in [0.25, 0.3) is 5.91 Å². The molecule has 3 aromatic rings. The van der Waals surface area contributed by atoms with Crippen LogP contribution in [0.25, 0.3) is 11.0 Å². The third kappa shape index (κ3) is 4.68. The molecule has 1 atom stereocenters. The second-order valence-electron chi connectivity index (χ2n) is 6.71. The van der Waals surface area contributed by atoms with Crippen molar-refractivity contribution in [3.63, 3.8) is 0 Å². The number of imidazole rings is 1. The molecule has 0 fully saturated rings. The molecule has 7 heteroatoms. The van der Waals surface area contributed by atoms with Crippen LogP contribution in [0, 0.1) is 0 Å². The predicted molar refractivity (Wildman–Crippen MR) is 110 cm³/mol. The summed E-state index contributed by atoms with van der Waals surface area (Å²) >= 11 is 0. The maximum Gasteiger partial charge on any atom is 0.326 e. The number of carbonyl (C=O) groups is 3. The molecule has 0 spiro atoms.